The molecule has 0 unspecified atom stereocenters. The van der Waals surface area contributed by atoms with Crippen molar-refractivity contribution >= 4 is 23.2 Å². The molecule has 0 aliphatic carbocycles. The molecular weight excluding hydrogens is 405 g/mol. The summed E-state index contributed by atoms with van der Waals surface area (Å²) in [6.45, 7) is 4.24. The van der Waals surface area contributed by atoms with Crippen LogP contribution in [-0.4, -0.2) is 23.4 Å². The highest BCUT2D eigenvalue weighted by atomic mass is 19.1. The van der Waals surface area contributed by atoms with Gasteiger partial charge < -0.3 is 9.30 Å². The Kier molecular flexibility index (Phi) is 7.92. The maximum atomic E-state index is 13.8. The summed E-state index contributed by atoms with van der Waals surface area (Å²) in [6, 6.07) is 23.8. The van der Waals surface area contributed by atoms with Crippen LogP contribution in [-0.2, 0) is 22.5 Å². The van der Waals surface area contributed by atoms with Gasteiger partial charge in [-0.3, -0.25) is 9.59 Å². The lowest BCUT2D eigenvalue weighted by Crippen LogP contribution is -2.14. The molecule has 4 aromatic rings. The van der Waals surface area contributed by atoms with E-state index in [2.05, 4.69) is 0 Å². The number of rotatable bonds is 6. The molecular formula is C27H26FNO3. The molecule has 0 saturated heterocycles. The summed E-state index contributed by atoms with van der Waals surface area (Å²) < 4.78 is 20.8. The molecule has 0 saturated carbocycles. The average molecular weight is 432 g/mol. The molecule has 164 valence electrons. The number of aromatic nitrogens is 1. The number of hydrogen-bond donors (Lipinski definition) is 0. The highest BCUT2D eigenvalue weighted by molar-refractivity contribution is 5.87. The summed E-state index contributed by atoms with van der Waals surface area (Å²) in [5.74, 6) is -0.557. The third kappa shape index (κ3) is 5.70. The van der Waals surface area contributed by atoms with E-state index in [1.807, 2.05) is 60.0 Å². The second-order valence-corrected chi connectivity index (χ2v) is 7.31. The topological polar surface area (TPSA) is 48.3 Å². The Morgan fingerprint density at radius 1 is 1.00 bits per heavy atom. The van der Waals surface area contributed by atoms with Crippen molar-refractivity contribution in [2.45, 2.75) is 26.8 Å². The molecule has 32 heavy (non-hydrogen) atoms. The minimum absolute atomic E-state index is 0.136. The van der Waals surface area contributed by atoms with E-state index in [1.165, 1.54) is 6.07 Å². The van der Waals surface area contributed by atoms with Crippen LogP contribution in [0.5, 0.6) is 0 Å². The van der Waals surface area contributed by atoms with Gasteiger partial charge in [0.1, 0.15) is 18.6 Å². The lowest BCUT2D eigenvalue weighted by molar-refractivity contribution is -0.143. The predicted molar refractivity (Wildman–Crippen MR) is 124 cm³/mol. The molecule has 0 radical (unpaired) electrons. The zero-order chi connectivity index (χ0) is 22.9. The maximum absolute atomic E-state index is 13.8. The van der Waals surface area contributed by atoms with Crippen molar-refractivity contribution in [2.24, 2.45) is 0 Å². The third-order valence-electron chi connectivity index (χ3n) is 5.17. The molecule has 0 N–H and O–H groups in total. The van der Waals surface area contributed by atoms with Crippen molar-refractivity contribution < 1.29 is 18.7 Å². The fraction of sp³-hybridized carbons (Fsp3) is 0.185. The van der Waals surface area contributed by atoms with E-state index in [-0.39, 0.29) is 18.3 Å². The summed E-state index contributed by atoms with van der Waals surface area (Å²) in [4.78, 5) is 21.9. The minimum atomic E-state index is -0.284. The normalized spacial score (nSPS) is 10.3. The molecule has 3 aromatic carbocycles. The van der Waals surface area contributed by atoms with Crippen LogP contribution < -0.4 is 0 Å². The lowest BCUT2D eigenvalue weighted by Gasteiger charge is -2.08. The van der Waals surface area contributed by atoms with Gasteiger partial charge in [-0.15, -0.1) is 0 Å². The molecule has 1 heterocycles. The molecule has 0 amide bonds. The molecule has 0 aliphatic rings. The van der Waals surface area contributed by atoms with Crippen LogP contribution in [0.1, 0.15) is 34.1 Å². The van der Waals surface area contributed by atoms with Gasteiger partial charge in [0, 0.05) is 22.2 Å². The van der Waals surface area contributed by atoms with Crippen LogP contribution in [0.3, 0.4) is 0 Å². The van der Waals surface area contributed by atoms with Crippen molar-refractivity contribution in [3.8, 4) is 0 Å². The number of benzene rings is 3. The number of fused-ring (bicyclic) bond motifs is 1. The van der Waals surface area contributed by atoms with E-state index in [4.69, 9.17) is 4.74 Å². The largest absolute Gasteiger partial charge is 0.465 e. The zero-order valence-corrected chi connectivity index (χ0v) is 18.3. The van der Waals surface area contributed by atoms with Gasteiger partial charge in [-0.25, -0.2) is 4.39 Å². The monoisotopic (exact) mass is 431 g/mol. The highest BCUT2D eigenvalue weighted by Gasteiger charge is 2.17. The first kappa shape index (κ1) is 22.9. The smallest absolute Gasteiger partial charge is 0.325 e. The van der Waals surface area contributed by atoms with Gasteiger partial charge in [-0.05, 0) is 49.6 Å². The standard InChI is InChI=1S/C20H20FNO2.C7H6O/c1-3-24-20(23)13-22-14(2)17(11-15-7-5-4-6-8-15)18-12-16(21)9-10-19(18)22;8-6-7-4-2-1-3-5-7/h4-10,12H,3,11,13H2,1-2H3;1-6H. The van der Waals surface area contributed by atoms with Crippen LogP contribution in [0.25, 0.3) is 10.9 Å². The molecule has 0 aliphatic heterocycles. The van der Waals surface area contributed by atoms with Gasteiger partial charge in [0.2, 0.25) is 0 Å². The number of halogens is 1. The van der Waals surface area contributed by atoms with Crippen molar-refractivity contribution in [3.63, 3.8) is 0 Å². The van der Waals surface area contributed by atoms with Gasteiger partial charge in [0.25, 0.3) is 0 Å². The molecule has 0 atom stereocenters. The fourth-order valence-electron chi connectivity index (χ4n) is 3.62. The second-order valence-electron chi connectivity index (χ2n) is 7.31. The van der Waals surface area contributed by atoms with Crippen molar-refractivity contribution in [3.05, 3.63) is 107 Å². The molecule has 0 fully saturated rings. The summed E-state index contributed by atoms with van der Waals surface area (Å²) in [6.07, 6.45) is 1.53. The number of aldehydes is 1. The first-order chi connectivity index (χ1) is 15.5. The quantitative estimate of drug-likeness (QED) is 0.289. The first-order valence-electron chi connectivity index (χ1n) is 10.5. The Hall–Kier alpha value is -3.73. The van der Waals surface area contributed by atoms with Gasteiger partial charge in [-0.1, -0.05) is 60.7 Å². The van der Waals surface area contributed by atoms with Crippen LogP contribution in [0.2, 0.25) is 0 Å². The van der Waals surface area contributed by atoms with Crippen molar-refractivity contribution in [2.75, 3.05) is 6.61 Å². The number of hydrogen-bond acceptors (Lipinski definition) is 3. The first-order valence-corrected chi connectivity index (χ1v) is 10.5. The summed E-state index contributed by atoms with van der Waals surface area (Å²) in [5, 5.41) is 0.848. The Morgan fingerprint density at radius 2 is 1.66 bits per heavy atom. The Bertz CT molecular complexity index is 1180. The van der Waals surface area contributed by atoms with Gasteiger partial charge >= 0.3 is 5.97 Å². The Morgan fingerprint density at radius 3 is 2.25 bits per heavy atom. The van der Waals surface area contributed by atoms with Crippen LogP contribution in [0.4, 0.5) is 4.39 Å². The maximum Gasteiger partial charge on any atom is 0.325 e. The summed E-state index contributed by atoms with van der Waals surface area (Å²) in [5.41, 5.74) is 4.74. The molecule has 0 spiro atoms. The number of esters is 1. The number of carbonyl (C=O) groups is 2. The highest BCUT2D eigenvalue weighted by Crippen LogP contribution is 2.29. The summed E-state index contributed by atoms with van der Waals surface area (Å²) in [7, 11) is 0. The fourth-order valence-corrected chi connectivity index (χ4v) is 3.62. The van der Waals surface area contributed by atoms with Crippen molar-refractivity contribution in [1.82, 2.24) is 4.57 Å². The van der Waals surface area contributed by atoms with E-state index < -0.39 is 0 Å². The Labute approximate surface area is 187 Å². The number of ether oxygens (including phenoxy) is 1. The second kappa shape index (κ2) is 11.0. The van der Waals surface area contributed by atoms with Gasteiger partial charge in [0.05, 0.1) is 6.61 Å². The lowest BCUT2D eigenvalue weighted by atomic mass is 10.0. The van der Waals surface area contributed by atoms with E-state index in [9.17, 15) is 14.0 Å². The van der Waals surface area contributed by atoms with Crippen LogP contribution >= 0.6 is 0 Å². The third-order valence-corrected chi connectivity index (χ3v) is 5.17. The molecule has 4 nitrogen and oxygen atoms in total. The summed E-state index contributed by atoms with van der Waals surface area (Å²) >= 11 is 0. The van der Waals surface area contributed by atoms with E-state index >= 15 is 0 Å². The number of nitrogens with zero attached hydrogens (tertiary/aromatic N) is 1. The van der Waals surface area contributed by atoms with E-state index in [0.717, 1.165) is 39.6 Å². The molecule has 0 bridgehead atoms. The Balaban J connectivity index is 0.000000305. The van der Waals surface area contributed by atoms with E-state index in [1.54, 1.807) is 31.2 Å². The molecule has 4 rings (SSSR count). The number of carbonyl (C=O) groups excluding carboxylic acids is 2. The van der Waals surface area contributed by atoms with Crippen LogP contribution in [0.15, 0.2) is 78.9 Å². The average Bonchev–Trinajstić information content (AvgIpc) is 3.06. The van der Waals surface area contributed by atoms with Gasteiger partial charge in [-0.2, -0.15) is 0 Å². The van der Waals surface area contributed by atoms with Crippen LogP contribution in [0, 0.1) is 12.7 Å². The SMILES string of the molecule is CCOC(=O)Cn1c(C)c(Cc2ccccc2)c2cc(F)ccc21.O=Cc1ccccc1. The predicted octanol–water partition coefficient (Wildman–Crippen LogP) is 5.74. The molecule has 5 heteroatoms. The van der Waals surface area contributed by atoms with Gasteiger partial charge in [0.15, 0.2) is 0 Å². The minimum Gasteiger partial charge on any atom is -0.465 e. The van der Waals surface area contributed by atoms with E-state index in [0.29, 0.717) is 13.0 Å². The molecule has 1 aromatic heterocycles. The zero-order valence-electron chi connectivity index (χ0n) is 18.3. The van der Waals surface area contributed by atoms with Crippen molar-refractivity contribution in [1.29, 1.82) is 0 Å².